The molecule has 1 amide bonds. The van der Waals surface area contributed by atoms with Gasteiger partial charge in [0.1, 0.15) is 11.4 Å². The first-order valence-corrected chi connectivity index (χ1v) is 12.7. The van der Waals surface area contributed by atoms with Gasteiger partial charge < -0.3 is 5.32 Å². The molecule has 1 N–H and O–H groups in total. The van der Waals surface area contributed by atoms with Crippen molar-refractivity contribution < 1.29 is 4.79 Å². The van der Waals surface area contributed by atoms with Crippen LogP contribution in [0.25, 0.3) is 10.2 Å². The van der Waals surface area contributed by atoms with Gasteiger partial charge in [0, 0.05) is 22.7 Å². The van der Waals surface area contributed by atoms with Gasteiger partial charge in [-0.1, -0.05) is 36.8 Å². The molecule has 34 heavy (non-hydrogen) atoms. The lowest BCUT2D eigenvalue weighted by atomic mass is 10.1. The summed E-state index contributed by atoms with van der Waals surface area (Å²) in [5.41, 5.74) is 5.16. The molecule has 0 saturated heterocycles. The van der Waals surface area contributed by atoms with E-state index in [0.29, 0.717) is 18.5 Å². The van der Waals surface area contributed by atoms with Crippen molar-refractivity contribution in [3.05, 3.63) is 80.0 Å². The van der Waals surface area contributed by atoms with Crippen molar-refractivity contribution in [1.82, 2.24) is 24.6 Å². The molecule has 0 radical (unpaired) electrons. The highest BCUT2D eigenvalue weighted by Gasteiger charge is 2.20. The maximum Gasteiger partial charge on any atom is 0.262 e. The third-order valence-electron chi connectivity index (χ3n) is 6.67. The number of thiophene rings is 1. The van der Waals surface area contributed by atoms with E-state index in [0.717, 1.165) is 53.0 Å². The summed E-state index contributed by atoms with van der Waals surface area (Å²) in [4.78, 5) is 32.6. The molecule has 0 fully saturated rings. The summed E-state index contributed by atoms with van der Waals surface area (Å²) in [5, 5.41) is 8.34. The second kappa shape index (κ2) is 9.54. The fourth-order valence-electron chi connectivity index (χ4n) is 4.77. The largest absolute Gasteiger partial charge is 0.350 e. The lowest BCUT2D eigenvalue weighted by Crippen LogP contribution is -2.32. The predicted molar refractivity (Wildman–Crippen MR) is 134 cm³/mol. The number of amides is 1. The van der Waals surface area contributed by atoms with E-state index in [1.807, 2.05) is 36.7 Å². The highest BCUT2D eigenvalue weighted by molar-refractivity contribution is 7.18. The van der Waals surface area contributed by atoms with Crippen LogP contribution in [0.2, 0.25) is 0 Å². The minimum Gasteiger partial charge on any atom is -0.350 e. The SMILES string of the molecule is Cc1nn(Cc2ccccc2)c(C)c1CNC(=O)Cn1cnc2sc3c(c2c1=O)CCCCC3. The van der Waals surface area contributed by atoms with Gasteiger partial charge in [0.15, 0.2) is 0 Å². The van der Waals surface area contributed by atoms with Crippen molar-refractivity contribution in [2.75, 3.05) is 0 Å². The average molecular weight is 476 g/mol. The standard InChI is InChI=1S/C26H29N5O2S/c1-17-21(18(2)31(29-17)14-19-9-5-3-6-10-19)13-27-23(32)15-30-16-28-25-24(26(30)33)20-11-7-4-8-12-22(20)34-25/h3,5-6,9-10,16H,4,7-8,11-15H2,1-2H3,(H,27,32). The van der Waals surface area contributed by atoms with Gasteiger partial charge in [-0.3, -0.25) is 18.8 Å². The summed E-state index contributed by atoms with van der Waals surface area (Å²) in [5.74, 6) is -0.209. The van der Waals surface area contributed by atoms with E-state index in [1.54, 1.807) is 11.3 Å². The zero-order valence-electron chi connectivity index (χ0n) is 19.6. The van der Waals surface area contributed by atoms with Crippen LogP contribution in [0.5, 0.6) is 0 Å². The molecule has 0 bridgehead atoms. The van der Waals surface area contributed by atoms with Crippen molar-refractivity contribution in [2.24, 2.45) is 0 Å². The average Bonchev–Trinajstić information content (AvgIpc) is 3.20. The highest BCUT2D eigenvalue weighted by atomic mass is 32.1. The number of rotatable bonds is 6. The van der Waals surface area contributed by atoms with E-state index in [4.69, 9.17) is 0 Å². The summed E-state index contributed by atoms with van der Waals surface area (Å²) in [6.07, 6.45) is 6.91. The smallest absolute Gasteiger partial charge is 0.262 e. The molecule has 0 aliphatic heterocycles. The normalized spacial score (nSPS) is 13.6. The van der Waals surface area contributed by atoms with Gasteiger partial charge in [-0.05, 0) is 50.7 Å². The first-order chi connectivity index (χ1) is 16.5. The Bertz CT molecular complexity index is 1400. The van der Waals surface area contributed by atoms with E-state index >= 15 is 0 Å². The molecule has 3 heterocycles. The number of aryl methyl sites for hydroxylation is 3. The number of carbonyl (C=O) groups excluding carboxylic acids is 1. The molecule has 1 aliphatic carbocycles. The van der Waals surface area contributed by atoms with Gasteiger partial charge in [-0.25, -0.2) is 4.98 Å². The summed E-state index contributed by atoms with van der Waals surface area (Å²) in [6, 6.07) is 10.2. The second-order valence-corrected chi connectivity index (χ2v) is 10.1. The number of nitrogens with one attached hydrogen (secondary N) is 1. The van der Waals surface area contributed by atoms with Crippen LogP contribution in [-0.4, -0.2) is 25.2 Å². The van der Waals surface area contributed by atoms with E-state index < -0.39 is 0 Å². The van der Waals surface area contributed by atoms with Crippen LogP contribution in [-0.2, 0) is 37.3 Å². The van der Waals surface area contributed by atoms with Crippen molar-refractivity contribution in [1.29, 1.82) is 0 Å². The monoisotopic (exact) mass is 475 g/mol. The summed E-state index contributed by atoms with van der Waals surface area (Å²) in [7, 11) is 0. The number of fused-ring (bicyclic) bond motifs is 3. The third kappa shape index (κ3) is 4.42. The lowest BCUT2D eigenvalue weighted by Gasteiger charge is -2.09. The molecule has 0 spiro atoms. The molecule has 4 aromatic rings. The predicted octanol–water partition coefficient (Wildman–Crippen LogP) is 3.90. The fourth-order valence-corrected chi connectivity index (χ4v) is 5.99. The van der Waals surface area contributed by atoms with Crippen LogP contribution in [0.3, 0.4) is 0 Å². The molecule has 7 nitrogen and oxygen atoms in total. The van der Waals surface area contributed by atoms with E-state index in [-0.39, 0.29) is 18.0 Å². The van der Waals surface area contributed by atoms with Gasteiger partial charge in [0.25, 0.3) is 5.56 Å². The Morgan fingerprint density at radius 3 is 2.74 bits per heavy atom. The zero-order chi connectivity index (χ0) is 23.7. The Morgan fingerprint density at radius 2 is 1.91 bits per heavy atom. The number of hydrogen-bond acceptors (Lipinski definition) is 5. The number of aromatic nitrogens is 4. The van der Waals surface area contributed by atoms with E-state index in [9.17, 15) is 9.59 Å². The van der Waals surface area contributed by atoms with Crippen LogP contribution < -0.4 is 10.9 Å². The van der Waals surface area contributed by atoms with Crippen molar-refractivity contribution in [3.8, 4) is 0 Å². The van der Waals surface area contributed by atoms with Crippen LogP contribution in [0, 0.1) is 13.8 Å². The van der Waals surface area contributed by atoms with Gasteiger partial charge in [0.2, 0.25) is 5.91 Å². The minimum absolute atomic E-state index is 0.0390. The number of carbonyl (C=O) groups is 1. The Hall–Kier alpha value is -3.26. The summed E-state index contributed by atoms with van der Waals surface area (Å²) in [6.45, 7) is 5.01. The van der Waals surface area contributed by atoms with Crippen LogP contribution in [0.15, 0.2) is 41.5 Å². The van der Waals surface area contributed by atoms with E-state index in [1.165, 1.54) is 27.8 Å². The third-order valence-corrected chi connectivity index (χ3v) is 7.87. The molecule has 0 unspecified atom stereocenters. The van der Waals surface area contributed by atoms with Gasteiger partial charge in [-0.15, -0.1) is 11.3 Å². The van der Waals surface area contributed by atoms with E-state index in [2.05, 4.69) is 27.5 Å². The molecule has 1 aliphatic rings. The molecule has 1 aromatic carbocycles. The van der Waals surface area contributed by atoms with Crippen LogP contribution in [0.1, 0.15) is 52.2 Å². The van der Waals surface area contributed by atoms with Crippen molar-refractivity contribution in [2.45, 2.75) is 65.6 Å². The molecule has 3 aromatic heterocycles. The second-order valence-electron chi connectivity index (χ2n) is 8.99. The van der Waals surface area contributed by atoms with Crippen molar-refractivity contribution >= 4 is 27.5 Å². The van der Waals surface area contributed by atoms with Gasteiger partial charge >= 0.3 is 0 Å². The first-order valence-electron chi connectivity index (χ1n) is 11.8. The topological polar surface area (TPSA) is 81.8 Å². The molecular formula is C26H29N5O2S. The Labute approximate surface area is 202 Å². The maximum atomic E-state index is 13.2. The Morgan fingerprint density at radius 1 is 1.12 bits per heavy atom. The highest BCUT2D eigenvalue weighted by Crippen LogP contribution is 2.32. The number of benzene rings is 1. The summed E-state index contributed by atoms with van der Waals surface area (Å²) >= 11 is 1.63. The zero-order valence-corrected chi connectivity index (χ0v) is 20.5. The summed E-state index contributed by atoms with van der Waals surface area (Å²) < 4.78 is 3.41. The molecule has 0 atom stereocenters. The quantitative estimate of drug-likeness (QED) is 0.429. The number of nitrogens with zero attached hydrogens (tertiary/aromatic N) is 4. The van der Waals surface area contributed by atoms with Crippen LogP contribution in [0.4, 0.5) is 0 Å². The molecule has 5 rings (SSSR count). The lowest BCUT2D eigenvalue weighted by molar-refractivity contribution is -0.121. The molecule has 176 valence electrons. The van der Waals surface area contributed by atoms with Gasteiger partial charge in [-0.2, -0.15) is 5.10 Å². The van der Waals surface area contributed by atoms with Gasteiger partial charge in [0.05, 0.1) is 24.0 Å². The molecule has 0 saturated carbocycles. The minimum atomic E-state index is -0.209. The fraction of sp³-hybridized carbons (Fsp3) is 0.385. The molecule has 8 heteroatoms. The Kier molecular flexibility index (Phi) is 6.32. The van der Waals surface area contributed by atoms with Crippen LogP contribution >= 0.6 is 11.3 Å². The van der Waals surface area contributed by atoms with Crippen molar-refractivity contribution in [3.63, 3.8) is 0 Å². The number of hydrogen-bond donors (Lipinski definition) is 1. The first kappa shape index (κ1) is 22.5. The maximum absolute atomic E-state index is 13.2. The Balaban J connectivity index is 1.29. The molecular weight excluding hydrogens is 446 g/mol.